The molecule has 0 spiro atoms. The number of nitrogens with zero attached hydrogens (tertiary/aromatic N) is 3. The van der Waals surface area contributed by atoms with E-state index in [0.29, 0.717) is 18.7 Å². The first-order valence-corrected chi connectivity index (χ1v) is 9.93. The van der Waals surface area contributed by atoms with Crippen LogP contribution in [0.5, 0.6) is 5.75 Å². The Bertz CT molecular complexity index is 1330. The highest BCUT2D eigenvalue weighted by atomic mass is 16.5. The van der Waals surface area contributed by atoms with Gasteiger partial charge in [0.05, 0.1) is 18.3 Å². The molecule has 150 valence electrons. The molecule has 0 atom stereocenters. The largest absolute Gasteiger partial charge is 0.497 e. The first kappa shape index (κ1) is 18.4. The first-order chi connectivity index (χ1) is 14.5. The fourth-order valence-corrected chi connectivity index (χ4v) is 4.12. The third-order valence-corrected chi connectivity index (χ3v) is 5.60. The van der Waals surface area contributed by atoms with Gasteiger partial charge in [-0.25, -0.2) is 9.97 Å². The highest BCUT2D eigenvalue weighted by Gasteiger charge is 2.23. The number of fused-ring (bicyclic) bond motifs is 2. The molecule has 5 rings (SSSR count). The average molecular weight is 398 g/mol. The lowest BCUT2D eigenvalue weighted by Gasteiger charge is -2.14. The van der Waals surface area contributed by atoms with Crippen LogP contribution in [0.25, 0.3) is 16.7 Å². The van der Waals surface area contributed by atoms with E-state index < -0.39 is 0 Å². The summed E-state index contributed by atoms with van der Waals surface area (Å²) in [5.41, 5.74) is 7.46. The van der Waals surface area contributed by atoms with E-state index >= 15 is 0 Å². The number of ketones is 1. The molecule has 0 radical (unpaired) electrons. The Labute approximate surface area is 174 Å². The van der Waals surface area contributed by atoms with Crippen LogP contribution in [0.2, 0.25) is 0 Å². The summed E-state index contributed by atoms with van der Waals surface area (Å²) in [6, 6.07) is 12.2. The minimum Gasteiger partial charge on any atom is -0.497 e. The van der Waals surface area contributed by atoms with E-state index in [4.69, 9.17) is 4.74 Å². The van der Waals surface area contributed by atoms with Gasteiger partial charge in [0.25, 0.3) is 0 Å². The van der Waals surface area contributed by atoms with Crippen LogP contribution in [0, 0.1) is 13.8 Å². The lowest BCUT2D eigenvalue weighted by Crippen LogP contribution is -2.08. The molecule has 0 saturated carbocycles. The molecule has 0 unspecified atom stereocenters. The van der Waals surface area contributed by atoms with Crippen molar-refractivity contribution < 1.29 is 9.53 Å². The smallest absolute Gasteiger partial charge is 0.183 e. The molecule has 30 heavy (non-hydrogen) atoms. The number of methoxy groups -OCH3 is 1. The van der Waals surface area contributed by atoms with Crippen molar-refractivity contribution in [2.75, 3.05) is 7.11 Å². The molecular weight excluding hydrogens is 376 g/mol. The van der Waals surface area contributed by atoms with Gasteiger partial charge in [-0.1, -0.05) is 18.2 Å². The van der Waals surface area contributed by atoms with Gasteiger partial charge in [-0.05, 0) is 49.2 Å². The Balaban J connectivity index is 1.59. The van der Waals surface area contributed by atoms with Gasteiger partial charge in [-0.3, -0.25) is 4.79 Å². The monoisotopic (exact) mass is 398 g/mol. The molecule has 1 N–H and O–H groups in total. The molecule has 3 aromatic heterocycles. The number of allylic oxidation sites excluding steroid dienone is 1. The summed E-state index contributed by atoms with van der Waals surface area (Å²) in [6.45, 7) is 4.64. The van der Waals surface area contributed by atoms with E-state index in [1.807, 2.05) is 50.4 Å². The molecule has 1 aromatic carbocycles. The van der Waals surface area contributed by atoms with E-state index in [2.05, 4.69) is 31.7 Å². The minimum absolute atomic E-state index is 0.120. The number of carbonyl (C=O) groups is 1. The normalized spacial score (nSPS) is 13.4. The minimum atomic E-state index is 0.120. The molecule has 0 saturated heterocycles. The SMILES string of the molecule is COc1cccc(Cn2c(C)nc3ncc(C4=CCC(=O)c5[nH]c(C)cc54)cc32)c1. The summed E-state index contributed by atoms with van der Waals surface area (Å²) in [4.78, 5) is 24.7. The van der Waals surface area contributed by atoms with E-state index in [0.717, 1.165) is 50.7 Å². The van der Waals surface area contributed by atoms with Crippen LogP contribution in [0.1, 0.15) is 45.1 Å². The zero-order valence-corrected chi connectivity index (χ0v) is 17.2. The van der Waals surface area contributed by atoms with Gasteiger partial charge < -0.3 is 14.3 Å². The number of carbonyl (C=O) groups excluding carboxylic acids is 1. The molecule has 3 heterocycles. The van der Waals surface area contributed by atoms with Gasteiger partial charge in [0.15, 0.2) is 11.4 Å². The van der Waals surface area contributed by atoms with Crippen LogP contribution >= 0.6 is 0 Å². The van der Waals surface area contributed by atoms with Crippen LogP contribution in [0.4, 0.5) is 0 Å². The number of ether oxygens (including phenoxy) is 1. The number of aromatic nitrogens is 4. The fraction of sp³-hybridized carbons (Fsp3) is 0.208. The van der Waals surface area contributed by atoms with Gasteiger partial charge >= 0.3 is 0 Å². The number of rotatable bonds is 4. The second kappa shape index (κ2) is 6.99. The number of benzene rings is 1. The van der Waals surface area contributed by atoms with Gasteiger partial charge in [0.2, 0.25) is 0 Å². The van der Waals surface area contributed by atoms with Crippen LogP contribution < -0.4 is 4.74 Å². The van der Waals surface area contributed by atoms with Gasteiger partial charge in [0, 0.05) is 36.0 Å². The van der Waals surface area contributed by atoms with Gasteiger partial charge in [-0.2, -0.15) is 0 Å². The fourth-order valence-electron chi connectivity index (χ4n) is 4.12. The average Bonchev–Trinajstić information content (AvgIpc) is 3.28. The summed E-state index contributed by atoms with van der Waals surface area (Å²) >= 11 is 0. The van der Waals surface area contributed by atoms with Gasteiger partial charge in [0.1, 0.15) is 11.6 Å². The zero-order valence-electron chi connectivity index (χ0n) is 17.2. The molecule has 0 amide bonds. The maximum absolute atomic E-state index is 12.3. The third kappa shape index (κ3) is 3.01. The summed E-state index contributed by atoms with van der Waals surface area (Å²) in [5, 5.41) is 0. The number of aromatic amines is 1. The van der Waals surface area contributed by atoms with Crippen molar-refractivity contribution in [3.05, 3.63) is 82.6 Å². The van der Waals surface area contributed by atoms with Crippen molar-refractivity contribution in [1.29, 1.82) is 0 Å². The van der Waals surface area contributed by atoms with E-state index in [9.17, 15) is 4.79 Å². The maximum Gasteiger partial charge on any atom is 0.183 e. The number of H-pyrrole nitrogens is 1. The predicted molar refractivity (Wildman–Crippen MR) is 116 cm³/mol. The van der Waals surface area contributed by atoms with Crippen LogP contribution in [0.15, 0.2) is 48.7 Å². The van der Waals surface area contributed by atoms with E-state index in [-0.39, 0.29) is 5.78 Å². The van der Waals surface area contributed by atoms with Crippen molar-refractivity contribution in [2.45, 2.75) is 26.8 Å². The molecule has 0 fully saturated rings. The highest BCUT2D eigenvalue weighted by molar-refractivity contribution is 6.06. The number of hydrogen-bond acceptors (Lipinski definition) is 4. The Morgan fingerprint density at radius 2 is 2.07 bits per heavy atom. The number of hydrogen-bond donors (Lipinski definition) is 1. The molecule has 4 aromatic rings. The molecular formula is C24H22N4O2. The Hall–Kier alpha value is -3.67. The standard InChI is InChI=1S/C24H22N4O2/c1-14-9-20-19(7-8-22(29)23(20)26-14)17-11-21-24(25-12-17)27-15(2)28(21)13-16-5-4-6-18(10-16)30-3/h4-7,9-12,26H,8,13H2,1-3H3. The first-order valence-electron chi connectivity index (χ1n) is 9.93. The molecule has 0 aliphatic heterocycles. The van der Waals surface area contributed by atoms with Crippen LogP contribution in [-0.2, 0) is 6.54 Å². The lowest BCUT2D eigenvalue weighted by atomic mass is 9.91. The Kier molecular flexibility index (Phi) is 4.28. The molecule has 1 aliphatic carbocycles. The zero-order chi connectivity index (χ0) is 20.8. The molecule has 1 aliphatic rings. The number of nitrogens with one attached hydrogen (secondary N) is 1. The molecule has 6 nitrogen and oxygen atoms in total. The quantitative estimate of drug-likeness (QED) is 0.551. The Morgan fingerprint density at radius 1 is 1.20 bits per heavy atom. The number of imidazole rings is 1. The van der Waals surface area contributed by atoms with E-state index in [1.54, 1.807) is 7.11 Å². The molecule has 6 heteroatoms. The molecule has 0 bridgehead atoms. The summed E-state index contributed by atoms with van der Waals surface area (Å²) in [5.74, 6) is 1.86. The predicted octanol–water partition coefficient (Wildman–Crippen LogP) is 4.45. The van der Waals surface area contributed by atoms with Gasteiger partial charge in [-0.15, -0.1) is 0 Å². The second-order valence-electron chi connectivity index (χ2n) is 7.65. The summed E-state index contributed by atoms with van der Waals surface area (Å²) in [6.07, 6.45) is 4.23. The third-order valence-electron chi connectivity index (χ3n) is 5.60. The van der Waals surface area contributed by atoms with E-state index in [1.165, 1.54) is 0 Å². The maximum atomic E-state index is 12.3. The Morgan fingerprint density at radius 3 is 2.90 bits per heavy atom. The summed E-state index contributed by atoms with van der Waals surface area (Å²) in [7, 11) is 1.67. The van der Waals surface area contributed by atoms with Crippen molar-refractivity contribution >= 4 is 22.5 Å². The number of Topliss-reactive ketones (excluding diaryl/α,β-unsaturated/α-hetero) is 1. The van der Waals surface area contributed by atoms with Crippen molar-refractivity contribution in [1.82, 2.24) is 19.5 Å². The highest BCUT2D eigenvalue weighted by Crippen LogP contribution is 2.33. The van der Waals surface area contributed by atoms with Crippen molar-refractivity contribution in [3.8, 4) is 5.75 Å². The van der Waals surface area contributed by atoms with Crippen LogP contribution in [0.3, 0.4) is 0 Å². The van der Waals surface area contributed by atoms with Crippen molar-refractivity contribution in [3.63, 3.8) is 0 Å². The topological polar surface area (TPSA) is 72.8 Å². The number of aryl methyl sites for hydroxylation is 2. The summed E-state index contributed by atoms with van der Waals surface area (Å²) < 4.78 is 7.52. The number of pyridine rings is 1. The lowest BCUT2D eigenvalue weighted by molar-refractivity contribution is 0.0990. The van der Waals surface area contributed by atoms with Crippen molar-refractivity contribution in [2.24, 2.45) is 0 Å². The van der Waals surface area contributed by atoms with Crippen LogP contribution in [-0.4, -0.2) is 32.4 Å². The second-order valence-corrected chi connectivity index (χ2v) is 7.65.